The Morgan fingerprint density at radius 1 is 1.25 bits per heavy atom. The smallest absolute Gasteiger partial charge is 0.253 e. The van der Waals surface area contributed by atoms with Gasteiger partial charge in [-0.1, -0.05) is 25.1 Å². The molecule has 3 rings (SSSR count). The highest BCUT2D eigenvalue weighted by atomic mass is 16.1. The second-order valence-corrected chi connectivity index (χ2v) is 6.96. The Balaban J connectivity index is 1.88. The summed E-state index contributed by atoms with van der Waals surface area (Å²) < 4.78 is 2.18. The van der Waals surface area contributed by atoms with Crippen molar-refractivity contribution in [3.63, 3.8) is 0 Å². The van der Waals surface area contributed by atoms with Crippen LogP contribution < -0.4 is 10.6 Å². The van der Waals surface area contributed by atoms with Gasteiger partial charge in [-0.05, 0) is 63.9 Å². The number of amides is 1. The van der Waals surface area contributed by atoms with Gasteiger partial charge in [-0.2, -0.15) is 0 Å². The van der Waals surface area contributed by atoms with Crippen molar-refractivity contribution in [1.82, 2.24) is 15.2 Å². The van der Waals surface area contributed by atoms with Crippen LogP contribution in [0.3, 0.4) is 0 Å². The van der Waals surface area contributed by atoms with E-state index in [2.05, 4.69) is 48.1 Å². The van der Waals surface area contributed by atoms with Crippen LogP contribution in [0.15, 0.2) is 30.3 Å². The molecule has 24 heavy (non-hydrogen) atoms. The van der Waals surface area contributed by atoms with Gasteiger partial charge in [0, 0.05) is 23.1 Å². The second kappa shape index (κ2) is 6.81. The van der Waals surface area contributed by atoms with Gasteiger partial charge in [0.2, 0.25) is 0 Å². The average Bonchev–Trinajstić information content (AvgIpc) is 2.85. The number of nitrogens with one attached hydrogen (secondary N) is 2. The summed E-state index contributed by atoms with van der Waals surface area (Å²) in [5.41, 5.74) is 5.22. The van der Waals surface area contributed by atoms with Crippen LogP contribution in [0, 0.1) is 26.7 Å². The summed E-state index contributed by atoms with van der Waals surface area (Å²) in [6.07, 6.45) is 0.990. The molecule has 0 aliphatic carbocycles. The number of benzene rings is 1. The molecule has 2 aromatic rings. The SMILES string of the molecule is Cc1ccccc1-n1c(C)cc(C(=O)NC2CCNCC2C)c1C. The second-order valence-electron chi connectivity index (χ2n) is 6.96. The van der Waals surface area contributed by atoms with E-state index in [-0.39, 0.29) is 11.9 Å². The van der Waals surface area contributed by atoms with Crippen molar-refractivity contribution in [3.8, 4) is 5.69 Å². The largest absolute Gasteiger partial charge is 0.349 e. The minimum Gasteiger partial charge on any atom is -0.349 e. The third-order valence-corrected chi connectivity index (χ3v) is 5.13. The zero-order valence-electron chi connectivity index (χ0n) is 15.0. The maximum atomic E-state index is 12.8. The lowest BCUT2D eigenvalue weighted by molar-refractivity contribution is 0.0913. The molecular weight excluding hydrogens is 298 g/mol. The summed E-state index contributed by atoms with van der Waals surface area (Å²) in [5, 5.41) is 6.61. The number of aryl methyl sites for hydroxylation is 2. The van der Waals surface area contributed by atoms with Crippen molar-refractivity contribution in [2.24, 2.45) is 5.92 Å². The highest BCUT2D eigenvalue weighted by molar-refractivity contribution is 5.96. The van der Waals surface area contributed by atoms with Crippen LogP contribution >= 0.6 is 0 Å². The fourth-order valence-electron chi connectivity index (χ4n) is 3.65. The molecule has 1 aromatic carbocycles. The highest BCUT2D eigenvalue weighted by Gasteiger charge is 2.25. The third kappa shape index (κ3) is 3.11. The average molecular weight is 325 g/mol. The number of aromatic nitrogens is 1. The zero-order chi connectivity index (χ0) is 17.3. The number of hydrogen-bond acceptors (Lipinski definition) is 2. The molecule has 2 unspecified atom stereocenters. The predicted molar refractivity (Wildman–Crippen MR) is 97.9 cm³/mol. The number of piperidine rings is 1. The maximum absolute atomic E-state index is 12.8. The zero-order valence-corrected chi connectivity index (χ0v) is 15.0. The van der Waals surface area contributed by atoms with Gasteiger partial charge in [0.15, 0.2) is 0 Å². The summed E-state index contributed by atoms with van der Waals surface area (Å²) in [5.74, 6) is 0.504. The molecule has 4 heteroatoms. The van der Waals surface area contributed by atoms with E-state index < -0.39 is 0 Å². The first-order valence-electron chi connectivity index (χ1n) is 8.75. The first kappa shape index (κ1) is 16.8. The number of carbonyl (C=O) groups is 1. The molecule has 4 nitrogen and oxygen atoms in total. The van der Waals surface area contributed by atoms with Gasteiger partial charge < -0.3 is 15.2 Å². The molecule has 2 heterocycles. The lowest BCUT2D eigenvalue weighted by Gasteiger charge is -2.30. The van der Waals surface area contributed by atoms with Gasteiger partial charge in [0.25, 0.3) is 5.91 Å². The fraction of sp³-hybridized carbons (Fsp3) is 0.450. The molecule has 0 bridgehead atoms. The van der Waals surface area contributed by atoms with Crippen LogP contribution in [0.4, 0.5) is 0 Å². The van der Waals surface area contributed by atoms with Crippen molar-refractivity contribution < 1.29 is 4.79 Å². The van der Waals surface area contributed by atoms with E-state index in [1.165, 1.54) is 5.56 Å². The molecule has 1 fully saturated rings. The van der Waals surface area contributed by atoms with Gasteiger partial charge in [0.05, 0.1) is 5.56 Å². The van der Waals surface area contributed by atoms with Crippen LogP contribution in [-0.4, -0.2) is 29.6 Å². The number of para-hydroxylation sites is 1. The van der Waals surface area contributed by atoms with Gasteiger partial charge in [-0.3, -0.25) is 4.79 Å². The van der Waals surface area contributed by atoms with E-state index in [1.54, 1.807) is 0 Å². The van der Waals surface area contributed by atoms with Crippen LogP contribution in [-0.2, 0) is 0 Å². The number of hydrogen-bond donors (Lipinski definition) is 2. The van der Waals surface area contributed by atoms with Gasteiger partial charge >= 0.3 is 0 Å². The van der Waals surface area contributed by atoms with E-state index in [1.807, 2.05) is 25.1 Å². The molecule has 1 aliphatic rings. The minimum atomic E-state index is 0.0432. The van der Waals surface area contributed by atoms with Gasteiger partial charge in [0.1, 0.15) is 0 Å². The first-order valence-corrected chi connectivity index (χ1v) is 8.75. The minimum absolute atomic E-state index is 0.0432. The maximum Gasteiger partial charge on any atom is 0.253 e. The fourth-order valence-corrected chi connectivity index (χ4v) is 3.65. The first-order chi connectivity index (χ1) is 11.5. The van der Waals surface area contributed by atoms with Crippen LogP contribution in [0.25, 0.3) is 5.69 Å². The van der Waals surface area contributed by atoms with E-state index in [0.717, 1.165) is 42.1 Å². The Kier molecular flexibility index (Phi) is 4.76. The number of carbonyl (C=O) groups excluding carboxylic acids is 1. The van der Waals surface area contributed by atoms with E-state index in [4.69, 9.17) is 0 Å². The molecule has 1 amide bonds. The lowest BCUT2D eigenvalue weighted by Crippen LogP contribution is -2.48. The molecule has 128 valence electrons. The Labute approximate surface area is 144 Å². The summed E-state index contributed by atoms with van der Waals surface area (Å²) in [4.78, 5) is 12.8. The van der Waals surface area contributed by atoms with E-state index >= 15 is 0 Å². The molecule has 0 radical (unpaired) electrons. The molecule has 2 N–H and O–H groups in total. The predicted octanol–water partition coefficient (Wildman–Crippen LogP) is 3.13. The third-order valence-electron chi connectivity index (χ3n) is 5.13. The van der Waals surface area contributed by atoms with Gasteiger partial charge in [-0.25, -0.2) is 0 Å². The van der Waals surface area contributed by atoms with Crippen molar-refractivity contribution >= 4 is 5.91 Å². The van der Waals surface area contributed by atoms with Gasteiger partial charge in [-0.15, -0.1) is 0 Å². The van der Waals surface area contributed by atoms with Crippen molar-refractivity contribution in [2.45, 2.75) is 40.2 Å². The Bertz CT molecular complexity index is 747. The highest BCUT2D eigenvalue weighted by Crippen LogP contribution is 2.23. The molecule has 0 spiro atoms. The summed E-state index contributed by atoms with van der Waals surface area (Å²) >= 11 is 0. The Morgan fingerprint density at radius 3 is 2.71 bits per heavy atom. The van der Waals surface area contributed by atoms with Crippen LogP contribution in [0.5, 0.6) is 0 Å². The quantitative estimate of drug-likeness (QED) is 0.911. The topological polar surface area (TPSA) is 46.1 Å². The van der Waals surface area contributed by atoms with Crippen molar-refractivity contribution in [2.75, 3.05) is 13.1 Å². The number of nitrogens with zero attached hydrogens (tertiary/aromatic N) is 1. The molecule has 1 aliphatic heterocycles. The lowest BCUT2D eigenvalue weighted by atomic mass is 9.95. The Morgan fingerprint density at radius 2 is 2.00 bits per heavy atom. The number of rotatable bonds is 3. The summed E-state index contributed by atoms with van der Waals surface area (Å²) in [7, 11) is 0. The molecule has 1 saturated heterocycles. The normalized spacial score (nSPS) is 20.8. The van der Waals surface area contributed by atoms with Crippen LogP contribution in [0.1, 0.15) is 40.7 Å². The summed E-state index contributed by atoms with van der Waals surface area (Å²) in [6.45, 7) is 10.3. The summed E-state index contributed by atoms with van der Waals surface area (Å²) in [6, 6.07) is 10.5. The van der Waals surface area contributed by atoms with E-state index in [9.17, 15) is 4.79 Å². The molecule has 2 atom stereocenters. The standard InChI is InChI=1S/C20H27N3O/c1-13-7-5-6-8-19(13)23-15(3)11-17(16(23)4)20(24)22-18-9-10-21-12-14(18)2/h5-8,11,14,18,21H,9-10,12H2,1-4H3,(H,22,24). The molecule has 0 saturated carbocycles. The Hall–Kier alpha value is -2.07. The molecular formula is C20H27N3O. The van der Waals surface area contributed by atoms with Crippen molar-refractivity contribution in [3.05, 3.63) is 52.8 Å². The molecule has 1 aromatic heterocycles. The van der Waals surface area contributed by atoms with Crippen LogP contribution in [0.2, 0.25) is 0 Å². The van der Waals surface area contributed by atoms with E-state index in [0.29, 0.717) is 5.92 Å². The van der Waals surface area contributed by atoms with Crippen molar-refractivity contribution in [1.29, 1.82) is 0 Å². The monoisotopic (exact) mass is 325 g/mol.